The van der Waals surface area contributed by atoms with Crippen LogP contribution in [0.4, 0.5) is 0 Å². The number of aromatic nitrogens is 3. The zero-order valence-electron chi connectivity index (χ0n) is 9.90. The molecule has 2 rings (SSSR count). The molecule has 0 amide bonds. The van der Waals surface area contributed by atoms with Gasteiger partial charge < -0.3 is 9.30 Å². The Balaban J connectivity index is 2.00. The normalized spacial score (nSPS) is 20.8. The number of aryl methyl sites for hydroxylation is 1. The van der Waals surface area contributed by atoms with Gasteiger partial charge in [0.25, 0.3) is 0 Å². The van der Waals surface area contributed by atoms with Crippen molar-refractivity contribution in [1.29, 1.82) is 0 Å². The van der Waals surface area contributed by atoms with Gasteiger partial charge in [0.15, 0.2) is 4.77 Å². The molecule has 0 radical (unpaired) electrons. The molecule has 0 saturated carbocycles. The zero-order valence-corrected chi connectivity index (χ0v) is 10.7. The van der Waals surface area contributed by atoms with Gasteiger partial charge >= 0.3 is 0 Å². The summed E-state index contributed by atoms with van der Waals surface area (Å²) in [5.41, 5.74) is 0. The predicted molar refractivity (Wildman–Crippen MR) is 65.1 cm³/mol. The molecule has 0 spiro atoms. The Morgan fingerprint density at radius 3 is 3.06 bits per heavy atom. The highest BCUT2D eigenvalue weighted by Gasteiger charge is 2.17. The van der Waals surface area contributed by atoms with E-state index in [0.717, 1.165) is 30.0 Å². The van der Waals surface area contributed by atoms with E-state index < -0.39 is 0 Å². The van der Waals surface area contributed by atoms with E-state index >= 15 is 0 Å². The second-order valence-electron chi connectivity index (χ2n) is 4.58. The van der Waals surface area contributed by atoms with Crippen molar-refractivity contribution in [3.05, 3.63) is 10.6 Å². The summed E-state index contributed by atoms with van der Waals surface area (Å²) in [5.74, 6) is 1.05. The van der Waals surface area contributed by atoms with E-state index in [1.165, 1.54) is 12.8 Å². The zero-order chi connectivity index (χ0) is 11.5. The third kappa shape index (κ3) is 2.52. The van der Waals surface area contributed by atoms with Gasteiger partial charge in [0, 0.05) is 19.1 Å². The van der Waals surface area contributed by atoms with Crippen molar-refractivity contribution >= 4 is 12.2 Å². The van der Waals surface area contributed by atoms with Crippen LogP contribution in [0.25, 0.3) is 0 Å². The fourth-order valence-corrected chi connectivity index (χ4v) is 2.57. The molecule has 1 N–H and O–H groups in total. The average Bonchev–Trinajstić information content (AvgIpc) is 2.83. The predicted octanol–water partition coefficient (Wildman–Crippen LogP) is 2.63. The first-order valence-corrected chi connectivity index (χ1v) is 6.36. The minimum Gasteiger partial charge on any atom is -0.378 e. The van der Waals surface area contributed by atoms with Crippen LogP contribution in [0.2, 0.25) is 0 Å². The Morgan fingerprint density at radius 1 is 1.62 bits per heavy atom. The van der Waals surface area contributed by atoms with E-state index in [4.69, 9.17) is 17.0 Å². The van der Waals surface area contributed by atoms with E-state index in [-0.39, 0.29) is 0 Å². The summed E-state index contributed by atoms with van der Waals surface area (Å²) in [7, 11) is 0. The van der Waals surface area contributed by atoms with Crippen LogP contribution in [0.15, 0.2) is 0 Å². The molecule has 5 heteroatoms. The third-order valence-electron chi connectivity index (χ3n) is 3.01. The van der Waals surface area contributed by atoms with E-state index in [9.17, 15) is 0 Å². The van der Waals surface area contributed by atoms with Crippen LogP contribution < -0.4 is 0 Å². The molecule has 1 aliphatic rings. The lowest BCUT2D eigenvalue weighted by Crippen LogP contribution is -2.11. The van der Waals surface area contributed by atoms with Crippen molar-refractivity contribution in [2.75, 3.05) is 6.61 Å². The highest BCUT2D eigenvalue weighted by molar-refractivity contribution is 7.71. The SMILES string of the molecule is CC(C)n1c(CCC2CCCO2)n[nH]c1=S. The molecule has 1 aromatic rings. The fraction of sp³-hybridized carbons (Fsp3) is 0.818. The molecule has 0 aromatic carbocycles. The van der Waals surface area contributed by atoms with Crippen molar-refractivity contribution in [3.8, 4) is 0 Å². The van der Waals surface area contributed by atoms with Gasteiger partial charge in [-0.1, -0.05) is 0 Å². The summed E-state index contributed by atoms with van der Waals surface area (Å²) in [6.45, 7) is 5.17. The van der Waals surface area contributed by atoms with Gasteiger partial charge in [-0.15, -0.1) is 0 Å². The Kier molecular flexibility index (Phi) is 3.76. The Bertz CT molecular complexity index is 390. The molecule has 0 aliphatic carbocycles. The van der Waals surface area contributed by atoms with Gasteiger partial charge in [-0.2, -0.15) is 5.10 Å². The quantitative estimate of drug-likeness (QED) is 0.824. The number of H-pyrrole nitrogens is 1. The van der Waals surface area contributed by atoms with E-state index in [2.05, 4.69) is 28.6 Å². The Morgan fingerprint density at radius 2 is 2.44 bits per heavy atom. The summed E-state index contributed by atoms with van der Waals surface area (Å²) in [6, 6.07) is 0.366. The molecular formula is C11H19N3OS. The molecule has 90 valence electrons. The summed E-state index contributed by atoms with van der Waals surface area (Å²) in [4.78, 5) is 0. The van der Waals surface area contributed by atoms with Crippen LogP contribution in [0.5, 0.6) is 0 Å². The molecule has 1 unspecified atom stereocenters. The second-order valence-corrected chi connectivity index (χ2v) is 4.97. The first-order chi connectivity index (χ1) is 7.68. The molecule has 1 saturated heterocycles. The molecule has 1 fully saturated rings. The second kappa shape index (κ2) is 5.10. The largest absolute Gasteiger partial charge is 0.378 e. The van der Waals surface area contributed by atoms with Gasteiger partial charge in [-0.3, -0.25) is 5.10 Å². The number of hydrogen-bond acceptors (Lipinski definition) is 3. The lowest BCUT2D eigenvalue weighted by Gasteiger charge is -2.12. The van der Waals surface area contributed by atoms with Gasteiger partial charge in [0.1, 0.15) is 5.82 Å². The number of ether oxygens (including phenoxy) is 1. The third-order valence-corrected chi connectivity index (χ3v) is 3.30. The summed E-state index contributed by atoms with van der Waals surface area (Å²) in [6.07, 6.45) is 4.79. The van der Waals surface area contributed by atoms with Gasteiger partial charge in [-0.05, 0) is 45.3 Å². The molecule has 4 nitrogen and oxygen atoms in total. The first kappa shape index (κ1) is 11.8. The summed E-state index contributed by atoms with van der Waals surface area (Å²) < 4.78 is 8.42. The number of rotatable bonds is 4. The summed E-state index contributed by atoms with van der Waals surface area (Å²) >= 11 is 5.21. The van der Waals surface area contributed by atoms with Crippen molar-refractivity contribution in [1.82, 2.24) is 14.8 Å². The number of nitrogens with one attached hydrogen (secondary N) is 1. The first-order valence-electron chi connectivity index (χ1n) is 5.96. The smallest absolute Gasteiger partial charge is 0.195 e. The van der Waals surface area contributed by atoms with Crippen molar-refractivity contribution in [2.24, 2.45) is 0 Å². The Hall–Kier alpha value is -0.680. The maximum absolute atomic E-state index is 5.61. The molecule has 16 heavy (non-hydrogen) atoms. The van der Waals surface area contributed by atoms with Crippen LogP contribution in [-0.2, 0) is 11.2 Å². The van der Waals surface area contributed by atoms with Crippen molar-refractivity contribution in [2.45, 2.75) is 51.7 Å². The topological polar surface area (TPSA) is 42.8 Å². The molecule has 0 bridgehead atoms. The van der Waals surface area contributed by atoms with E-state index in [1.807, 2.05) is 0 Å². The lowest BCUT2D eigenvalue weighted by atomic mass is 10.1. The molecule has 1 aromatic heterocycles. The molecular weight excluding hydrogens is 222 g/mol. The maximum Gasteiger partial charge on any atom is 0.195 e. The lowest BCUT2D eigenvalue weighted by molar-refractivity contribution is 0.104. The molecule has 1 atom stereocenters. The highest BCUT2D eigenvalue weighted by atomic mass is 32.1. The van der Waals surface area contributed by atoms with E-state index in [1.54, 1.807) is 0 Å². The Labute approximate surface area is 101 Å². The average molecular weight is 241 g/mol. The van der Waals surface area contributed by atoms with Crippen LogP contribution >= 0.6 is 12.2 Å². The minimum atomic E-state index is 0.366. The van der Waals surface area contributed by atoms with Crippen LogP contribution in [0, 0.1) is 4.77 Å². The van der Waals surface area contributed by atoms with Crippen molar-refractivity contribution < 1.29 is 4.74 Å². The van der Waals surface area contributed by atoms with E-state index in [0.29, 0.717) is 12.1 Å². The molecule has 2 heterocycles. The van der Waals surface area contributed by atoms with Gasteiger partial charge in [-0.25, -0.2) is 0 Å². The van der Waals surface area contributed by atoms with Crippen LogP contribution in [-0.4, -0.2) is 27.5 Å². The van der Waals surface area contributed by atoms with Crippen molar-refractivity contribution in [3.63, 3.8) is 0 Å². The fourth-order valence-electron chi connectivity index (χ4n) is 2.21. The van der Waals surface area contributed by atoms with Gasteiger partial charge in [0.05, 0.1) is 6.10 Å². The van der Waals surface area contributed by atoms with Crippen LogP contribution in [0.3, 0.4) is 0 Å². The molecule has 1 aliphatic heterocycles. The van der Waals surface area contributed by atoms with Gasteiger partial charge in [0.2, 0.25) is 0 Å². The number of hydrogen-bond donors (Lipinski definition) is 1. The monoisotopic (exact) mass is 241 g/mol. The highest BCUT2D eigenvalue weighted by Crippen LogP contribution is 2.18. The summed E-state index contributed by atoms with van der Waals surface area (Å²) in [5, 5.41) is 7.16. The van der Waals surface area contributed by atoms with Crippen LogP contribution in [0.1, 0.15) is 45.0 Å². The number of aromatic amines is 1. The minimum absolute atomic E-state index is 0.366. The maximum atomic E-state index is 5.61. The number of nitrogens with zero attached hydrogens (tertiary/aromatic N) is 2. The standard InChI is InChI=1S/C11H19N3OS/c1-8(2)14-10(12-13-11(14)16)6-5-9-4-3-7-15-9/h8-9H,3-7H2,1-2H3,(H,13,16).